The molecule has 148 valence electrons. The lowest BCUT2D eigenvalue weighted by atomic mass is 10.2. The molecule has 2 unspecified atom stereocenters. The van der Waals surface area contributed by atoms with Gasteiger partial charge in [0.1, 0.15) is 0 Å². The van der Waals surface area contributed by atoms with Crippen molar-refractivity contribution in [2.75, 3.05) is 38.2 Å². The lowest BCUT2D eigenvalue weighted by Crippen LogP contribution is -2.35. The van der Waals surface area contributed by atoms with Crippen molar-refractivity contribution in [3.63, 3.8) is 0 Å². The van der Waals surface area contributed by atoms with Crippen molar-refractivity contribution in [3.8, 4) is 0 Å². The minimum atomic E-state index is -0.916. The molecule has 27 heavy (non-hydrogen) atoms. The molecule has 1 saturated heterocycles. The number of hydrogen-bond donors (Lipinski definition) is 1. The van der Waals surface area contributed by atoms with E-state index < -0.39 is 18.2 Å². The average molecular weight is 376 g/mol. The van der Waals surface area contributed by atoms with Gasteiger partial charge in [-0.2, -0.15) is 0 Å². The molecule has 7 heteroatoms. The first-order valence-corrected chi connectivity index (χ1v) is 9.12. The van der Waals surface area contributed by atoms with E-state index in [1.54, 1.807) is 13.0 Å². The summed E-state index contributed by atoms with van der Waals surface area (Å²) in [6, 6.07) is 7.65. The van der Waals surface area contributed by atoms with Crippen LogP contribution < -0.4 is 5.32 Å². The van der Waals surface area contributed by atoms with Gasteiger partial charge < -0.3 is 19.5 Å². The molecule has 0 saturated carbocycles. The first kappa shape index (κ1) is 21.1. The largest absolute Gasteiger partial charge is 0.451 e. The molecule has 0 aliphatic carbocycles. The van der Waals surface area contributed by atoms with Crippen molar-refractivity contribution in [2.24, 2.45) is 0 Å². The highest BCUT2D eigenvalue weighted by Crippen LogP contribution is 2.13. The summed E-state index contributed by atoms with van der Waals surface area (Å²) < 4.78 is 15.7. The van der Waals surface area contributed by atoms with E-state index in [9.17, 15) is 9.59 Å². The molecular weight excluding hydrogens is 348 g/mol. The van der Waals surface area contributed by atoms with Crippen LogP contribution in [-0.2, 0) is 30.3 Å². The van der Waals surface area contributed by atoms with Gasteiger partial charge in [-0.15, -0.1) is 6.58 Å². The topological polar surface area (TPSA) is 77.1 Å². The van der Waals surface area contributed by atoms with Gasteiger partial charge in [0, 0.05) is 25.3 Å². The fraction of sp³-hybridized carbons (Fsp3) is 0.500. The average Bonchev–Trinajstić information content (AvgIpc) is 2.68. The van der Waals surface area contributed by atoms with Gasteiger partial charge in [-0.25, -0.2) is 4.79 Å². The number of esters is 1. The summed E-state index contributed by atoms with van der Waals surface area (Å²) in [5.74, 6) is -0.972. The third-order valence-electron chi connectivity index (χ3n) is 4.19. The molecule has 1 aliphatic heterocycles. The summed E-state index contributed by atoms with van der Waals surface area (Å²) in [6.07, 6.45) is -0.124. The van der Waals surface area contributed by atoms with E-state index in [-0.39, 0.29) is 12.5 Å². The first-order valence-electron chi connectivity index (χ1n) is 9.12. The Hall–Kier alpha value is -2.22. The second-order valence-electron chi connectivity index (χ2n) is 6.42. The molecule has 1 aliphatic rings. The number of ether oxygens (including phenoxy) is 3. The Kier molecular flexibility index (Phi) is 8.44. The summed E-state index contributed by atoms with van der Waals surface area (Å²) >= 11 is 0. The predicted octanol–water partition coefficient (Wildman–Crippen LogP) is 1.98. The Morgan fingerprint density at radius 1 is 1.22 bits per heavy atom. The van der Waals surface area contributed by atoms with E-state index in [2.05, 4.69) is 16.8 Å². The Labute approximate surface area is 160 Å². The molecule has 1 aromatic rings. The number of morpholine rings is 1. The van der Waals surface area contributed by atoms with Crippen LogP contribution in [0.2, 0.25) is 0 Å². The number of anilines is 1. The van der Waals surface area contributed by atoms with Crippen molar-refractivity contribution >= 4 is 17.6 Å². The van der Waals surface area contributed by atoms with Gasteiger partial charge in [-0.05, 0) is 31.5 Å². The maximum absolute atomic E-state index is 12.2. The minimum Gasteiger partial charge on any atom is -0.451 e. The van der Waals surface area contributed by atoms with Crippen LogP contribution >= 0.6 is 0 Å². The van der Waals surface area contributed by atoms with Crippen LogP contribution in [0.3, 0.4) is 0 Å². The Bertz CT molecular complexity index is 626. The van der Waals surface area contributed by atoms with Crippen LogP contribution in [0.4, 0.5) is 5.69 Å². The van der Waals surface area contributed by atoms with Crippen LogP contribution in [0.1, 0.15) is 19.4 Å². The summed E-state index contributed by atoms with van der Waals surface area (Å²) in [5.41, 5.74) is 1.83. The van der Waals surface area contributed by atoms with E-state index in [1.807, 2.05) is 24.3 Å². The van der Waals surface area contributed by atoms with Crippen molar-refractivity contribution in [1.82, 2.24) is 4.90 Å². The summed E-state index contributed by atoms with van der Waals surface area (Å²) in [5, 5.41) is 2.75. The standard InChI is InChI=1S/C20H28N2O5/c1-4-11-26-16(3)20(24)27-15(2)19(23)21-18-7-5-17(6-8-18)14-22-9-12-25-13-10-22/h4-8,15-16H,1,9-14H2,2-3H3,(H,21,23). The van der Waals surface area contributed by atoms with E-state index in [4.69, 9.17) is 14.2 Å². The molecule has 1 amide bonds. The molecule has 2 atom stereocenters. The second kappa shape index (κ2) is 10.8. The van der Waals surface area contributed by atoms with Crippen molar-refractivity contribution in [2.45, 2.75) is 32.6 Å². The summed E-state index contributed by atoms with van der Waals surface area (Å²) in [6.45, 7) is 11.1. The predicted molar refractivity (Wildman–Crippen MR) is 102 cm³/mol. The molecule has 1 N–H and O–H groups in total. The Balaban J connectivity index is 1.80. The number of nitrogens with one attached hydrogen (secondary N) is 1. The SMILES string of the molecule is C=CCOC(C)C(=O)OC(C)C(=O)Nc1ccc(CN2CCOCC2)cc1. The van der Waals surface area contributed by atoms with Gasteiger partial charge in [0.25, 0.3) is 5.91 Å². The lowest BCUT2D eigenvalue weighted by molar-refractivity contribution is -0.163. The van der Waals surface area contributed by atoms with E-state index in [1.165, 1.54) is 12.5 Å². The van der Waals surface area contributed by atoms with E-state index in [0.717, 1.165) is 32.8 Å². The number of carbonyl (C=O) groups excluding carboxylic acids is 2. The van der Waals surface area contributed by atoms with Gasteiger partial charge in [0.2, 0.25) is 0 Å². The summed E-state index contributed by atoms with van der Waals surface area (Å²) in [4.78, 5) is 26.4. The third-order valence-corrected chi connectivity index (χ3v) is 4.19. The number of amides is 1. The van der Waals surface area contributed by atoms with Gasteiger partial charge in [-0.3, -0.25) is 9.69 Å². The highest BCUT2D eigenvalue weighted by molar-refractivity contribution is 5.95. The molecule has 1 fully saturated rings. The van der Waals surface area contributed by atoms with Gasteiger partial charge in [-0.1, -0.05) is 18.2 Å². The Morgan fingerprint density at radius 3 is 2.52 bits per heavy atom. The summed E-state index contributed by atoms with van der Waals surface area (Å²) in [7, 11) is 0. The number of carbonyl (C=O) groups is 2. The zero-order valence-electron chi connectivity index (χ0n) is 16.0. The maximum Gasteiger partial charge on any atom is 0.335 e. The van der Waals surface area contributed by atoms with Gasteiger partial charge in [0.15, 0.2) is 12.2 Å². The molecular formula is C20H28N2O5. The van der Waals surface area contributed by atoms with Crippen LogP contribution in [0.25, 0.3) is 0 Å². The number of rotatable bonds is 9. The van der Waals surface area contributed by atoms with Gasteiger partial charge in [0.05, 0.1) is 19.8 Å². The monoisotopic (exact) mass is 376 g/mol. The number of nitrogens with zero attached hydrogens (tertiary/aromatic N) is 1. The third kappa shape index (κ3) is 7.13. The quantitative estimate of drug-likeness (QED) is 0.525. The minimum absolute atomic E-state index is 0.244. The molecule has 2 rings (SSSR count). The van der Waals surface area contributed by atoms with Crippen molar-refractivity contribution in [3.05, 3.63) is 42.5 Å². The molecule has 0 aromatic heterocycles. The Morgan fingerprint density at radius 2 is 1.89 bits per heavy atom. The molecule has 0 radical (unpaired) electrons. The zero-order chi connectivity index (χ0) is 19.6. The van der Waals surface area contributed by atoms with Crippen molar-refractivity contribution in [1.29, 1.82) is 0 Å². The first-order chi connectivity index (χ1) is 13.0. The molecule has 1 aromatic carbocycles. The number of benzene rings is 1. The highest BCUT2D eigenvalue weighted by atomic mass is 16.6. The molecule has 1 heterocycles. The highest BCUT2D eigenvalue weighted by Gasteiger charge is 2.22. The zero-order valence-corrected chi connectivity index (χ0v) is 16.0. The molecule has 7 nitrogen and oxygen atoms in total. The van der Waals surface area contributed by atoms with Crippen LogP contribution in [-0.4, -0.2) is 61.9 Å². The normalized spacial score (nSPS) is 17.0. The number of hydrogen-bond acceptors (Lipinski definition) is 6. The smallest absolute Gasteiger partial charge is 0.335 e. The fourth-order valence-electron chi connectivity index (χ4n) is 2.56. The fourth-order valence-corrected chi connectivity index (χ4v) is 2.56. The maximum atomic E-state index is 12.2. The molecule has 0 spiro atoms. The van der Waals surface area contributed by atoms with Crippen LogP contribution in [0.15, 0.2) is 36.9 Å². The lowest BCUT2D eigenvalue weighted by Gasteiger charge is -2.26. The second-order valence-corrected chi connectivity index (χ2v) is 6.42. The van der Waals surface area contributed by atoms with E-state index in [0.29, 0.717) is 5.69 Å². The van der Waals surface area contributed by atoms with Gasteiger partial charge >= 0.3 is 5.97 Å². The van der Waals surface area contributed by atoms with Crippen LogP contribution in [0.5, 0.6) is 0 Å². The molecule has 0 bridgehead atoms. The van der Waals surface area contributed by atoms with E-state index >= 15 is 0 Å². The van der Waals surface area contributed by atoms with Crippen LogP contribution in [0, 0.1) is 0 Å². The van der Waals surface area contributed by atoms with Crippen molar-refractivity contribution < 1.29 is 23.8 Å².